The number of carbonyl (C=O) groups excluding carboxylic acids is 2. The fourth-order valence-electron chi connectivity index (χ4n) is 3.62. The van der Waals surface area contributed by atoms with Crippen molar-refractivity contribution in [3.63, 3.8) is 0 Å². The Bertz CT molecular complexity index is 1220. The van der Waals surface area contributed by atoms with E-state index in [9.17, 15) is 9.59 Å². The van der Waals surface area contributed by atoms with Gasteiger partial charge in [0.2, 0.25) is 11.8 Å². The van der Waals surface area contributed by atoms with Crippen molar-refractivity contribution in [2.45, 2.75) is 63.6 Å². The summed E-state index contributed by atoms with van der Waals surface area (Å²) in [6.07, 6.45) is 1.05. The average Bonchev–Trinajstić information content (AvgIpc) is 2.97. The Morgan fingerprint density at radius 1 is 0.878 bits per heavy atom. The number of amides is 2. The van der Waals surface area contributed by atoms with E-state index < -0.39 is 23.6 Å². The lowest BCUT2D eigenvalue weighted by Gasteiger charge is -2.24. The smallest absolute Gasteiger partial charge is 0.242 e. The Balaban J connectivity index is 0.000000629. The number of nitrogens with two attached hydrogens (primary N) is 2. The summed E-state index contributed by atoms with van der Waals surface area (Å²) in [5.74, 6) is 0.0964. The maximum absolute atomic E-state index is 12.9. The first-order valence-corrected chi connectivity index (χ1v) is 14.2. The lowest BCUT2D eigenvalue weighted by atomic mass is 10.0. The van der Waals surface area contributed by atoms with E-state index in [1.165, 1.54) is 5.56 Å². The summed E-state index contributed by atoms with van der Waals surface area (Å²) in [4.78, 5) is 25.6. The molecule has 0 aliphatic carbocycles. The van der Waals surface area contributed by atoms with Crippen LogP contribution in [0.4, 0.5) is 0 Å². The second kappa shape index (κ2) is 17.2. The van der Waals surface area contributed by atoms with Crippen molar-refractivity contribution in [1.82, 2.24) is 10.6 Å². The molecule has 2 atom stereocenters. The zero-order valence-electron chi connectivity index (χ0n) is 24.1. The quantitative estimate of drug-likeness (QED) is 0.110. The molecule has 0 spiro atoms. The standard InChI is InChI=1S/C25H35N5O3.C7H8S/c1-25(2,3)33-16-20(26)23(31)30-21(14-11-17-7-5-4-6-8-17)24(32)29-15-18-9-12-19(13-10-18)22(27)28;8-6-7-4-2-1-3-5-7/h4-10,12-13,20-21H,11,14-16,26H2,1-3H3,(H3,27,28)(H,29,32)(H,30,31);1-5,8H,6H2. The first kappa shape index (κ1) is 33.5. The number of hydrogen-bond acceptors (Lipinski definition) is 6. The molecule has 41 heavy (non-hydrogen) atoms. The van der Waals surface area contributed by atoms with Crippen molar-refractivity contribution in [3.8, 4) is 0 Å². The number of ether oxygens (including phenoxy) is 1. The van der Waals surface area contributed by atoms with Gasteiger partial charge in [-0.05, 0) is 50.3 Å². The van der Waals surface area contributed by atoms with Gasteiger partial charge in [0.1, 0.15) is 17.9 Å². The Morgan fingerprint density at radius 2 is 1.44 bits per heavy atom. The predicted molar refractivity (Wildman–Crippen MR) is 169 cm³/mol. The third-order valence-electron chi connectivity index (χ3n) is 5.99. The minimum Gasteiger partial charge on any atom is -0.384 e. The highest BCUT2D eigenvalue weighted by atomic mass is 32.1. The largest absolute Gasteiger partial charge is 0.384 e. The number of benzene rings is 3. The summed E-state index contributed by atoms with van der Waals surface area (Å²) in [5.41, 5.74) is 14.9. The van der Waals surface area contributed by atoms with Crippen molar-refractivity contribution in [2.24, 2.45) is 11.5 Å². The Kier molecular flexibility index (Phi) is 14.1. The van der Waals surface area contributed by atoms with Crippen LogP contribution >= 0.6 is 12.6 Å². The number of nitrogens with one attached hydrogen (secondary N) is 3. The van der Waals surface area contributed by atoms with Crippen LogP contribution in [0.2, 0.25) is 0 Å². The number of nitrogen functional groups attached to an aromatic ring is 1. The van der Waals surface area contributed by atoms with Crippen LogP contribution in [-0.4, -0.2) is 41.9 Å². The predicted octanol–water partition coefficient (Wildman–Crippen LogP) is 3.96. The second-order valence-electron chi connectivity index (χ2n) is 10.6. The summed E-state index contributed by atoms with van der Waals surface area (Å²) >= 11 is 4.11. The molecule has 0 saturated heterocycles. The van der Waals surface area contributed by atoms with Crippen molar-refractivity contribution in [2.75, 3.05) is 6.61 Å². The number of amidine groups is 1. The molecule has 7 N–H and O–H groups in total. The fraction of sp³-hybridized carbons (Fsp3) is 0.344. The molecule has 0 bridgehead atoms. The van der Waals surface area contributed by atoms with Crippen LogP contribution in [0.15, 0.2) is 84.9 Å². The molecule has 2 amide bonds. The van der Waals surface area contributed by atoms with Gasteiger partial charge in [0.05, 0.1) is 12.2 Å². The maximum Gasteiger partial charge on any atom is 0.242 e. The van der Waals surface area contributed by atoms with Gasteiger partial charge in [-0.2, -0.15) is 12.6 Å². The average molecular weight is 578 g/mol. The van der Waals surface area contributed by atoms with Crippen molar-refractivity contribution < 1.29 is 14.3 Å². The van der Waals surface area contributed by atoms with Crippen LogP contribution in [0.1, 0.15) is 49.4 Å². The fourth-order valence-corrected chi connectivity index (χ4v) is 3.83. The number of thiol groups is 1. The van der Waals surface area contributed by atoms with Gasteiger partial charge in [-0.25, -0.2) is 0 Å². The van der Waals surface area contributed by atoms with E-state index in [-0.39, 0.29) is 24.9 Å². The SMILES string of the molecule is CC(C)(C)OCC(N)C(=O)NC(CCc1ccccc1)C(=O)NCc1ccc(C(=N)N)cc1.SCc1ccccc1. The van der Waals surface area contributed by atoms with Gasteiger partial charge >= 0.3 is 0 Å². The van der Waals surface area contributed by atoms with E-state index >= 15 is 0 Å². The summed E-state index contributed by atoms with van der Waals surface area (Å²) < 4.78 is 5.60. The lowest BCUT2D eigenvalue weighted by molar-refractivity contribution is -0.131. The number of rotatable bonds is 12. The molecule has 0 fully saturated rings. The zero-order chi connectivity index (χ0) is 30.3. The molecule has 3 aromatic carbocycles. The van der Waals surface area contributed by atoms with Crippen LogP contribution in [0.3, 0.4) is 0 Å². The Hall–Kier alpha value is -3.66. The molecule has 0 aliphatic rings. The van der Waals surface area contributed by atoms with Crippen LogP contribution in [0, 0.1) is 5.41 Å². The molecule has 3 aromatic rings. The van der Waals surface area contributed by atoms with E-state index in [4.69, 9.17) is 21.6 Å². The summed E-state index contributed by atoms with van der Waals surface area (Å²) in [6, 6.07) is 25.4. The minimum atomic E-state index is -0.879. The van der Waals surface area contributed by atoms with Gasteiger partial charge < -0.3 is 26.8 Å². The van der Waals surface area contributed by atoms with Crippen molar-refractivity contribution in [3.05, 3.63) is 107 Å². The highest BCUT2D eigenvalue weighted by Crippen LogP contribution is 2.09. The first-order chi connectivity index (χ1) is 19.5. The van der Waals surface area contributed by atoms with E-state index in [2.05, 4.69) is 35.4 Å². The topological polar surface area (TPSA) is 143 Å². The van der Waals surface area contributed by atoms with Gasteiger partial charge in [0, 0.05) is 17.9 Å². The summed E-state index contributed by atoms with van der Waals surface area (Å²) in [7, 11) is 0. The first-order valence-electron chi connectivity index (χ1n) is 13.6. The molecule has 0 saturated carbocycles. The molecule has 9 heteroatoms. The Morgan fingerprint density at radius 3 is 1.93 bits per heavy atom. The van der Waals surface area contributed by atoms with Crippen LogP contribution < -0.4 is 22.1 Å². The molecule has 2 unspecified atom stereocenters. The van der Waals surface area contributed by atoms with Crippen molar-refractivity contribution >= 4 is 30.3 Å². The lowest BCUT2D eigenvalue weighted by Crippen LogP contribution is -2.53. The van der Waals surface area contributed by atoms with Crippen LogP contribution in [-0.2, 0) is 33.0 Å². The number of carbonyl (C=O) groups is 2. The molecule has 0 aromatic heterocycles. The van der Waals surface area contributed by atoms with E-state index in [1.807, 2.05) is 69.3 Å². The van der Waals surface area contributed by atoms with E-state index in [1.54, 1.807) is 24.3 Å². The van der Waals surface area contributed by atoms with Crippen molar-refractivity contribution in [1.29, 1.82) is 5.41 Å². The third-order valence-corrected chi connectivity index (χ3v) is 6.35. The summed E-state index contributed by atoms with van der Waals surface area (Å²) in [5, 5.41) is 13.1. The molecular weight excluding hydrogens is 534 g/mol. The van der Waals surface area contributed by atoms with E-state index in [0.717, 1.165) is 16.9 Å². The number of hydrogen-bond donors (Lipinski definition) is 6. The molecule has 0 radical (unpaired) electrons. The molecule has 0 heterocycles. The minimum absolute atomic E-state index is 0.0129. The Labute approximate surface area is 249 Å². The highest BCUT2D eigenvalue weighted by molar-refractivity contribution is 7.79. The van der Waals surface area contributed by atoms with E-state index in [0.29, 0.717) is 18.4 Å². The monoisotopic (exact) mass is 577 g/mol. The molecule has 220 valence electrons. The summed E-state index contributed by atoms with van der Waals surface area (Å²) in [6.45, 7) is 6.00. The molecule has 0 aliphatic heterocycles. The van der Waals surface area contributed by atoms with Crippen LogP contribution in [0.25, 0.3) is 0 Å². The highest BCUT2D eigenvalue weighted by Gasteiger charge is 2.25. The van der Waals surface area contributed by atoms with Crippen LogP contribution in [0.5, 0.6) is 0 Å². The van der Waals surface area contributed by atoms with Gasteiger partial charge in [0.25, 0.3) is 0 Å². The normalized spacial score (nSPS) is 12.3. The second-order valence-corrected chi connectivity index (χ2v) is 10.9. The van der Waals surface area contributed by atoms with Gasteiger partial charge in [-0.1, -0.05) is 84.9 Å². The molecule has 3 rings (SSSR count). The van der Waals surface area contributed by atoms with Gasteiger partial charge in [-0.15, -0.1) is 0 Å². The molecular formula is C32H43N5O3S. The zero-order valence-corrected chi connectivity index (χ0v) is 25.0. The maximum atomic E-state index is 12.9. The van der Waals surface area contributed by atoms with Gasteiger partial charge in [-0.3, -0.25) is 15.0 Å². The number of aryl methyl sites for hydroxylation is 1. The molecule has 8 nitrogen and oxygen atoms in total. The van der Waals surface area contributed by atoms with Gasteiger partial charge in [0.15, 0.2) is 0 Å². The third kappa shape index (κ3) is 13.5.